The van der Waals surface area contributed by atoms with E-state index in [1.165, 1.54) is 17.8 Å². The van der Waals surface area contributed by atoms with Gasteiger partial charge in [-0.25, -0.2) is 9.78 Å². The van der Waals surface area contributed by atoms with Crippen molar-refractivity contribution >= 4 is 53.6 Å². The predicted octanol–water partition coefficient (Wildman–Crippen LogP) is 3.84. The van der Waals surface area contributed by atoms with Crippen molar-refractivity contribution in [1.82, 2.24) is 27.8 Å². The van der Waals surface area contributed by atoms with Gasteiger partial charge in [-0.05, 0) is 37.1 Å². The van der Waals surface area contributed by atoms with Crippen LogP contribution >= 0.6 is 11.7 Å². The fraction of sp³-hybridized carbons (Fsp3) is 0.421. The van der Waals surface area contributed by atoms with E-state index in [9.17, 15) is 4.79 Å². The van der Waals surface area contributed by atoms with Crippen LogP contribution in [0.5, 0.6) is 0 Å². The maximum atomic E-state index is 13.0. The van der Waals surface area contributed by atoms with Gasteiger partial charge in [0.1, 0.15) is 16.6 Å². The van der Waals surface area contributed by atoms with E-state index in [4.69, 9.17) is 4.98 Å². The molecule has 1 saturated heterocycles. The number of aromatic nitrogens is 6. The standard InChI is InChI=1S/C19H23N7OSSi/c1-11-7-14-15(24-28-23-14)8-13(11)21-18-20-9-16-17(22-18)26(19(27)25(16)2)12-5-6-29(3,4)10-12/h7-9,12H,5-6,10H2,1-4H3,(H,20,21,22). The zero-order valence-corrected chi connectivity index (χ0v) is 18.7. The van der Waals surface area contributed by atoms with Crippen LogP contribution in [0.15, 0.2) is 23.1 Å². The first-order valence-corrected chi connectivity index (χ1v) is 13.9. The molecule has 8 nitrogen and oxygen atoms in total. The Bertz CT molecular complexity index is 1310. The van der Waals surface area contributed by atoms with Crippen LogP contribution in [0.1, 0.15) is 18.0 Å². The monoisotopic (exact) mass is 425 g/mol. The number of fused-ring (bicyclic) bond motifs is 2. The lowest BCUT2D eigenvalue weighted by atomic mass is 10.2. The number of rotatable bonds is 3. The van der Waals surface area contributed by atoms with Crippen molar-refractivity contribution in [2.45, 2.75) is 44.6 Å². The zero-order valence-electron chi connectivity index (χ0n) is 16.9. The second kappa shape index (κ2) is 6.46. The average molecular weight is 426 g/mol. The molecule has 1 N–H and O–H groups in total. The van der Waals surface area contributed by atoms with Gasteiger partial charge in [0.05, 0.1) is 17.9 Å². The van der Waals surface area contributed by atoms with E-state index >= 15 is 0 Å². The molecular formula is C19H23N7OSSi. The van der Waals surface area contributed by atoms with Crippen molar-refractivity contribution in [3.63, 3.8) is 0 Å². The Morgan fingerprint density at radius 3 is 2.72 bits per heavy atom. The van der Waals surface area contributed by atoms with Gasteiger partial charge in [-0.3, -0.25) is 9.13 Å². The zero-order chi connectivity index (χ0) is 20.3. The van der Waals surface area contributed by atoms with Gasteiger partial charge in [-0.1, -0.05) is 19.1 Å². The fourth-order valence-electron chi connectivity index (χ4n) is 4.34. The Morgan fingerprint density at radius 2 is 2.00 bits per heavy atom. The third kappa shape index (κ3) is 3.06. The number of aryl methyl sites for hydroxylation is 2. The van der Waals surface area contributed by atoms with Crippen molar-refractivity contribution in [2.24, 2.45) is 7.05 Å². The molecule has 0 saturated carbocycles. The average Bonchev–Trinajstić information content (AvgIpc) is 3.33. The van der Waals surface area contributed by atoms with Crippen LogP contribution in [-0.2, 0) is 7.05 Å². The van der Waals surface area contributed by atoms with Gasteiger partial charge in [0.15, 0.2) is 5.65 Å². The Labute approximate surface area is 173 Å². The first-order valence-electron chi connectivity index (χ1n) is 9.76. The Balaban J connectivity index is 1.58. The van der Waals surface area contributed by atoms with E-state index in [-0.39, 0.29) is 11.7 Å². The van der Waals surface area contributed by atoms with Crippen LogP contribution in [-0.4, -0.2) is 35.9 Å². The van der Waals surface area contributed by atoms with Crippen LogP contribution in [0.2, 0.25) is 25.2 Å². The van der Waals surface area contributed by atoms with E-state index in [1.807, 2.05) is 23.6 Å². The lowest BCUT2D eigenvalue weighted by Gasteiger charge is -2.16. The number of benzene rings is 1. The molecule has 1 unspecified atom stereocenters. The van der Waals surface area contributed by atoms with E-state index in [0.717, 1.165) is 40.3 Å². The quantitative estimate of drug-likeness (QED) is 0.502. The normalized spacial score (nSPS) is 18.7. The van der Waals surface area contributed by atoms with Gasteiger partial charge in [-0.15, -0.1) is 0 Å². The molecular weight excluding hydrogens is 402 g/mol. The third-order valence-corrected chi connectivity index (χ3v) is 9.76. The van der Waals surface area contributed by atoms with Crippen molar-refractivity contribution in [3.8, 4) is 0 Å². The second-order valence-electron chi connectivity index (χ2n) is 8.72. The van der Waals surface area contributed by atoms with Gasteiger partial charge in [0, 0.05) is 26.9 Å². The highest BCUT2D eigenvalue weighted by molar-refractivity contribution is 7.00. The molecule has 10 heteroatoms. The van der Waals surface area contributed by atoms with E-state index in [0.29, 0.717) is 11.6 Å². The molecule has 1 aliphatic rings. The van der Waals surface area contributed by atoms with Gasteiger partial charge in [0.2, 0.25) is 5.95 Å². The molecule has 4 heterocycles. The summed E-state index contributed by atoms with van der Waals surface area (Å²) < 4.78 is 12.1. The SMILES string of the molecule is Cc1cc2nsnc2cc1Nc1ncc2c(n1)n(C1CC[Si](C)(C)C1)c(=O)n2C. The summed E-state index contributed by atoms with van der Waals surface area (Å²) in [4.78, 5) is 22.2. The molecule has 29 heavy (non-hydrogen) atoms. The molecule has 5 rings (SSSR count). The summed E-state index contributed by atoms with van der Waals surface area (Å²) >= 11 is 1.20. The second-order valence-corrected chi connectivity index (χ2v) is 14.5. The van der Waals surface area contributed by atoms with Crippen molar-refractivity contribution in [3.05, 3.63) is 34.4 Å². The van der Waals surface area contributed by atoms with Crippen molar-refractivity contribution in [2.75, 3.05) is 5.32 Å². The number of imidazole rings is 1. The third-order valence-electron chi connectivity index (χ3n) is 5.99. The van der Waals surface area contributed by atoms with Crippen LogP contribution in [0.4, 0.5) is 11.6 Å². The van der Waals surface area contributed by atoms with Gasteiger partial charge < -0.3 is 5.32 Å². The minimum Gasteiger partial charge on any atom is -0.324 e. The lowest BCUT2D eigenvalue weighted by Crippen LogP contribution is -2.27. The summed E-state index contributed by atoms with van der Waals surface area (Å²) in [6.07, 6.45) is 2.79. The highest BCUT2D eigenvalue weighted by Gasteiger charge is 2.35. The van der Waals surface area contributed by atoms with Gasteiger partial charge >= 0.3 is 5.69 Å². The van der Waals surface area contributed by atoms with E-state index in [1.54, 1.807) is 17.8 Å². The Hall–Kier alpha value is -2.59. The smallest absolute Gasteiger partial charge is 0.324 e. The van der Waals surface area contributed by atoms with Crippen molar-refractivity contribution < 1.29 is 0 Å². The number of nitrogens with zero attached hydrogens (tertiary/aromatic N) is 6. The van der Waals surface area contributed by atoms with E-state index < -0.39 is 8.07 Å². The largest absolute Gasteiger partial charge is 0.330 e. The molecule has 0 radical (unpaired) electrons. The first-order chi connectivity index (χ1) is 13.8. The molecule has 0 amide bonds. The molecule has 0 aliphatic carbocycles. The maximum Gasteiger partial charge on any atom is 0.330 e. The minimum atomic E-state index is -1.23. The number of anilines is 2. The molecule has 0 bridgehead atoms. The van der Waals surface area contributed by atoms with Gasteiger partial charge in [-0.2, -0.15) is 13.7 Å². The molecule has 3 aromatic heterocycles. The summed E-state index contributed by atoms with van der Waals surface area (Å²) in [6, 6.07) is 6.56. The van der Waals surface area contributed by atoms with Crippen LogP contribution in [0.3, 0.4) is 0 Å². The molecule has 1 atom stereocenters. The number of hydrogen-bond acceptors (Lipinski definition) is 7. The maximum absolute atomic E-state index is 13.0. The molecule has 1 aromatic carbocycles. The Morgan fingerprint density at radius 1 is 1.24 bits per heavy atom. The molecule has 1 fully saturated rings. The summed E-state index contributed by atoms with van der Waals surface area (Å²) in [5.74, 6) is 0.483. The summed E-state index contributed by atoms with van der Waals surface area (Å²) in [6.45, 7) is 6.82. The molecule has 0 spiro atoms. The number of hydrogen-bond donors (Lipinski definition) is 1. The topological polar surface area (TPSA) is 90.5 Å². The molecule has 150 valence electrons. The first kappa shape index (κ1) is 18.4. The highest BCUT2D eigenvalue weighted by Crippen LogP contribution is 2.38. The number of nitrogens with one attached hydrogen (secondary N) is 1. The van der Waals surface area contributed by atoms with Crippen molar-refractivity contribution in [1.29, 1.82) is 0 Å². The Kier molecular flexibility index (Phi) is 4.11. The molecule has 4 aromatic rings. The van der Waals surface area contributed by atoms with Crippen LogP contribution < -0.4 is 11.0 Å². The molecule has 1 aliphatic heterocycles. The lowest BCUT2D eigenvalue weighted by molar-refractivity contribution is 0.537. The highest BCUT2D eigenvalue weighted by atomic mass is 32.1. The minimum absolute atomic E-state index is 0.00528. The summed E-state index contributed by atoms with van der Waals surface area (Å²) in [5.41, 5.74) is 5.14. The van der Waals surface area contributed by atoms with Crippen LogP contribution in [0, 0.1) is 6.92 Å². The predicted molar refractivity (Wildman–Crippen MR) is 119 cm³/mol. The van der Waals surface area contributed by atoms with E-state index in [2.05, 4.69) is 32.1 Å². The van der Waals surface area contributed by atoms with Crippen LogP contribution in [0.25, 0.3) is 22.2 Å². The van der Waals surface area contributed by atoms with Gasteiger partial charge in [0.25, 0.3) is 0 Å². The summed E-state index contributed by atoms with van der Waals surface area (Å²) in [5, 5.41) is 3.31. The summed E-state index contributed by atoms with van der Waals surface area (Å²) in [7, 11) is 0.566. The fourth-order valence-corrected chi connectivity index (χ4v) is 7.83.